The lowest BCUT2D eigenvalue weighted by Crippen LogP contribution is -2.21. The quantitative estimate of drug-likeness (QED) is 0.524. The Bertz CT molecular complexity index is 1270. The molecule has 0 saturated heterocycles. The molecule has 2 heterocycles. The van der Waals surface area contributed by atoms with E-state index in [1.54, 1.807) is 48.0 Å². The van der Waals surface area contributed by atoms with Gasteiger partial charge < -0.3 is 9.15 Å². The van der Waals surface area contributed by atoms with Gasteiger partial charge >= 0.3 is 0 Å². The van der Waals surface area contributed by atoms with Gasteiger partial charge in [-0.25, -0.2) is 14.4 Å². The second kappa shape index (κ2) is 7.84. The van der Waals surface area contributed by atoms with Crippen LogP contribution in [0.25, 0.3) is 11.0 Å². The zero-order chi connectivity index (χ0) is 20.4. The van der Waals surface area contributed by atoms with Gasteiger partial charge in [0.05, 0.1) is 7.11 Å². The van der Waals surface area contributed by atoms with Crippen LogP contribution in [0.4, 0.5) is 15.2 Å². The molecule has 29 heavy (non-hydrogen) atoms. The number of carbonyl (C=O) groups excluding carboxylic acids is 1. The summed E-state index contributed by atoms with van der Waals surface area (Å²) in [6.07, 6.45) is 1.59. The Kier molecular flexibility index (Phi) is 5.09. The fourth-order valence-electron chi connectivity index (χ4n) is 2.80. The van der Waals surface area contributed by atoms with Crippen LogP contribution in [-0.4, -0.2) is 18.0 Å². The van der Waals surface area contributed by atoms with Gasteiger partial charge in [0.15, 0.2) is 16.5 Å². The van der Waals surface area contributed by atoms with Gasteiger partial charge in [0.25, 0.3) is 5.91 Å². The first kappa shape index (κ1) is 18.8. The highest BCUT2D eigenvalue weighted by Gasteiger charge is 2.16. The van der Waals surface area contributed by atoms with Crippen LogP contribution >= 0.6 is 11.3 Å². The van der Waals surface area contributed by atoms with Crippen molar-refractivity contribution in [3.63, 3.8) is 0 Å². The molecule has 0 atom stereocenters. The maximum Gasteiger partial charge on any atom is 0.262 e. The van der Waals surface area contributed by atoms with Gasteiger partial charge in [-0.1, -0.05) is 18.2 Å². The van der Waals surface area contributed by atoms with Crippen molar-refractivity contribution in [1.29, 1.82) is 0 Å². The number of hydrogen-bond donors (Lipinski definition) is 1. The molecular formula is C21H16FN3O3S. The number of halogens is 1. The van der Waals surface area contributed by atoms with Crippen LogP contribution in [0.15, 0.2) is 63.5 Å². The number of nitrogens with one attached hydrogen (secondary N) is 1. The summed E-state index contributed by atoms with van der Waals surface area (Å²) in [7, 11) is 1.52. The fourth-order valence-corrected chi connectivity index (χ4v) is 3.32. The number of benzene rings is 2. The van der Waals surface area contributed by atoms with Crippen LogP contribution in [0.5, 0.6) is 5.75 Å². The Hall–Kier alpha value is -3.52. The lowest BCUT2D eigenvalue weighted by atomic mass is 10.1. The molecule has 1 amide bonds. The number of carbonyl (C=O) groups is 1. The number of aromatic nitrogens is 1. The average molecular weight is 409 g/mol. The van der Waals surface area contributed by atoms with Gasteiger partial charge in [0.2, 0.25) is 5.55 Å². The summed E-state index contributed by atoms with van der Waals surface area (Å²) in [6, 6.07) is 11.5. The van der Waals surface area contributed by atoms with E-state index in [2.05, 4.69) is 15.3 Å². The predicted molar refractivity (Wildman–Crippen MR) is 109 cm³/mol. The normalized spacial score (nSPS) is 11.6. The van der Waals surface area contributed by atoms with Crippen LogP contribution in [-0.2, 0) is 0 Å². The topological polar surface area (TPSA) is 76.7 Å². The molecule has 4 rings (SSSR count). The Morgan fingerprint density at radius 1 is 1.28 bits per heavy atom. The van der Waals surface area contributed by atoms with Crippen LogP contribution in [0, 0.1) is 12.7 Å². The van der Waals surface area contributed by atoms with Crippen molar-refractivity contribution in [2.45, 2.75) is 6.92 Å². The SMILES string of the molecule is COc1cccc2cc(C(=O)Nc3nccs3)c(=Nc3cc(C)ccc3F)oc12. The first-order valence-electron chi connectivity index (χ1n) is 8.68. The lowest BCUT2D eigenvalue weighted by Gasteiger charge is -2.08. The first-order chi connectivity index (χ1) is 14.0. The van der Waals surface area contributed by atoms with E-state index in [9.17, 15) is 9.18 Å². The minimum Gasteiger partial charge on any atom is -0.493 e. The van der Waals surface area contributed by atoms with Gasteiger partial charge in [-0.15, -0.1) is 11.3 Å². The van der Waals surface area contributed by atoms with Crippen molar-refractivity contribution in [3.8, 4) is 5.75 Å². The van der Waals surface area contributed by atoms with Crippen LogP contribution in [0.1, 0.15) is 15.9 Å². The van der Waals surface area contributed by atoms with E-state index in [1.165, 1.54) is 24.5 Å². The number of nitrogens with zero attached hydrogens (tertiary/aromatic N) is 2. The predicted octanol–water partition coefficient (Wildman–Crippen LogP) is 4.83. The fraction of sp³-hybridized carbons (Fsp3) is 0.0952. The van der Waals surface area contributed by atoms with Crippen molar-refractivity contribution in [3.05, 3.63) is 76.5 Å². The smallest absolute Gasteiger partial charge is 0.262 e. The Morgan fingerprint density at radius 2 is 2.14 bits per heavy atom. The molecule has 2 aromatic heterocycles. The molecule has 0 aliphatic heterocycles. The molecule has 146 valence electrons. The largest absolute Gasteiger partial charge is 0.493 e. The molecule has 0 fully saturated rings. The zero-order valence-corrected chi connectivity index (χ0v) is 16.4. The van der Waals surface area contributed by atoms with E-state index >= 15 is 0 Å². The molecule has 4 aromatic rings. The van der Waals surface area contributed by atoms with Gasteiger partial charge in [-0.05, 0) is 36.8 Å². The molecule has 0 radical (unpaired) electrons. The number of para-hydroxylation sites is 1. The molecule has 0 saturated carbocycles. The summed E-state index contributed by atoms with van der Waals surface area (Å²) < 4.78 is 25.5. The maximum atomic E-state index is 14.3. The van der Waals surface area contributed by atoms with E-state index in [-0.39, 0.29) is 16.8 Å². The Balaban J connectivity index is 1.95. The minimum atomic E-state index is -0.516. The van der Waals surface area contributed by atoms with Crippen LogP contribution in [0.3, 0.4) is 0 Å². The van der Waals surface area contributed by atoms with E-state index in [4.69, 9.17) is 9.15 Å². The van der Waals surface area contributed by atoms with Gasteiger partial charge in [0, 0.05) is 17.0 Å². The highest BCUT2D eigenvalue weighted by Crippen LogP contribution is 2.26. The number of rotatable bonds is 4. The molecule has 0 bridgehead atoms. The van der Waals surface area contributed by atoms with Crippen molar-refractivity contribution < 1.29 is 18.3 Å². The average Bonchev–Trinajstić information content (AvgIpc) is 3.22. The number of amides is 1. The van der Waals surface area contributed by atoms with E-state index in [0.717, 1.165) is 5.56 Å². The van der Waals surface area contributed by atoms with Crippen molar-refractivity contribution in [1.82, 2.24) is 4.98 Å². The molecule has 0 aliphatic carbocycles. The monoisotopic (exact) mass is 409 g/mol. The summed E-state index contributed by atoms with van der Waals surface area (Å²) in [6.45, 7) is 1.83. The van der Waals surface area contributed by atoms with Gasteiger partial charge in [-0.3, -0.25) is 10.1 Å². The van der Waals surface area contributed by atoms with E-state index < -0.39 is 11.7 Å². The van der Waals surface area contributed by atoms with Crippen LogP contribution in [0.2, 0.25) is 0 Å². The number of aryl methyl sites for hydroxylation is 1. The van der Waals surface area contributed by atoms with Crippen LogP contribution < -0.4 is 15.6 Å². The third-order valence-corrected chi connectivity index (χ3v) is 4.87. The third kappa shape index (κ3) is 3.88. The standard InChI is InChI=1S/C21H16FN3O3S/c1-12-6-7-15(22)16(10-12)24-20-14(19(26)25-21-23-8-9-29-21)11-13-4-3-5-17(27-2)18(13)28-20/h3-11H,1-2H3,(H,23,25,26). The molecule has 1 N–H and O–H groups in total. The molecular weight excluding hydrogens is 393 g/mol. The first-order valence-corrected chi connectivity index (χ1v) is 9.55. The van der Waals surface area contributed by atoms with Crippen molar-refractivity contribution in [2.24, 2.45) is 4.99 Å². The Morgan fingerprint density at radius 3 is 2.90 bits per heavy atom. The molecule has 0 unspecified atom stereocenters. The highest BCUT2D eigenvalue weighted by atomic mass is 32.1. The molecule has 0 aliphatic rings. The number of hydrogen-bond acceptors (Lipinski definition) is 6. The highest BCUT2D eigenvalue weighted by molar-refractivity contribution is 7.13. The summed E-state index contributed by atoms with van der Waals surface area (Å²) >= 11 is 1.29. The maximum absolute atomic E-state index is 14.3. The lowest BCUT2D eigenvalue weighted by molar-refractivity contribution is 0.102. The summed E-state index contributed by atoms with van der Waals surface area (Å²) in [5.74, 6) is -0.493. The summed E-state index contributed by atoms with van der Waals surface area (Å²) in [4.78, 5) is 21.2. The zero-order valence-electron chi connectivity index (χ0n) is 15.6. The van der Waals surface area contributed by atoms with Crippen molar-refractivity contribution >= 4 is 39.0 Å². The van der Waals surface area contributed by atoms with Gasteiger partial charge in [-0.2, -0.15) is 0 Å². The second-order valence-corrected chi connectivity index (χ2v) is 7.10. The third-order valence-electron chi connectivity index (χ3n) is 4.18. The van der Waals surface area contributed by atoms with E-state index in [1.807, 2.05) is 6.92 Å². The molecule has 6 nitrogen and oxygen atoms in total. The number of ether oxygens (including phenoxy) is 1. The van der Waals surface area contributed by atoms with Gasteiger partial charge in [0.1, 0.15) is 17.1 Å². The second-order valence-electron chi connectivity index (χ2n) is 6.20. The molecule has 0 spiro atoms. The summed E-state index contributed by atoms with van der Waals surface area (Å²) in [5, 5.41) is 5.54. The number of thiazole rings is 1. The number of anilines is 1. The minimum absolute atomic E-state index is 0.0273. The molecule has 2 aromatic carbocycles. The molecule has 8 heteroatoms. The number of fused-ring (bicyclic) bond motifs is 1. The van der Waals surface area contributed by atoms with E-state index in [0.29, 0.717) is 21.9 Å². The van der Waals surface area contributed by atoms with Crippen molar-refractivity contribution in [2.75, 3.05) is 12.4 Å². The number of methoxy groups -OCH3 is 1. The Labute approximate surface area is 169 Å². The summed E-state index contributed by atoms with van der Waals surface area (Å²) in [5.41, 5.74) is 1.44.